The molecule has 2 aliphatic rings. The van der Waals surface area contributed by atoms with E-state index in [1.807, 2.05) is 16.5 Å². The molecular formula is C25H34FN3O4. The SMILES string of the molecule is CN[C@@H](C)[C@@H]1CCN(c2c(F)cc3c(=O)c(C(=O)OC(C)(C)C)cn(C4CC4)c3c2OC)C1. The highest BCUT2D eigenvalue weighted by molar-refractivity contribution is 5.98. The molecule has 1 saturated carbocycles. The van der Waals surface area contributed by atoms with Gasteiger partial charge in [0.15, 0.2) is 11.6 Å². The quantitative estimate of drug-likeness (QED) is 0.661. The number of pyridine rings is 1. The summed E-state index contributed by atoms with van der Waals surface area (Å²) >= 11 is 0. The molecule has 0 unspecified atom stereocenters. The number of nitrogens with one attached hydrogen (secondary N) is 1. The summed E-state index contributed by atoms with van der Waals surface area (Å²) in [6, 6.07) is 1.71. The normalized spacial score (nSPS) is 19.7. The molecule has 1 aromatic carbocycles. The van der Waals surface area contributed by atoms with Crippen LogP contribution >= 0.6 is 0 Å². The summed E-state index contributed by atoms with van der Waals surface area (Å²) in [5.74, 6) is -0.481. The van der Waals surface area contributed by atoms with Gasteiger partial charge in [-0.2, -0.15) is 0 Å². The van der Waals surface area contributed by atoms with Gasteiger partial charge in [0.25, 0.3) is 0 Å². The fraction of sp³-hybridized carbons (Fsp3) is 0.600. The topological polar surface area (TPSA) is 72.8 Å². The number of carbonyl (C=O) groups is 1. The number of methoxy groups -OCH3 is 1. The maximum Gasteiger partial charge on any atom is 0.344 e. The lowest BCUT2D eigenvalue weighted by molar-refractivity contribution is 0.00674. The molecule has 33 heavy (non-hydrogen) atoms. The van der Waals surface area contributed by atoms with Crippen molar-refractivity contribution in [1.82, 2.24) is 9.88 Å². The van der Waals surface area contributed by atoms with E-state index >= 15 is 4.39 Å². The first-order chi connectivity index (χ1) is 15.6. The zero-order chi connectivity index (χ0) is 24.1. The molecule has 180 valence electrons. The molecule has 0 amide bonds. The van der Waals surface area contributed by atoms with Crippen LogP contribution in [0, 0.1) is 11.7 Å². The lowest BCUT2D eigenvalue weighted by Gasteiger charge is -2.26. The fourth-order valence-electron chi connectivity index (χ4n) is 4.68. The van der Waals surface area contributed by atoms with E-state index in [0.717, 1.165) is 19.3 Å². The minimum Gasteiger partial charge on any atom is -0.492 e. The van der Waals surface area contributed by atoms with Gasteiger partial charge in [-0.1, -0.05) is 0 Å². The van der Waals surface area contributed by atoms with Crippen molar-refractivity contribution in [1.29, 1.82) is 0 Å². The third-order valence-corrected chi connectivity index (χ3v) is 6.66. The fourth-order valence-corrected chi connectivity index (χ4v) is 4.68. The van der Waals surface area contributed by atoms with Gasteiger partial charge >= 0.3 is 5.97 Å². The lowest BCUT2D eigenvalue weighted by atomic mass is 10.0. The number of esters is 1. The van der Waals surface area contributed by atoms with Crippen molar-refractivity contribution >= 4 is 22.6 Å². The average Bonchev–Trinajstić information content (AvgIpc) is 3.48. The van der Waals surface area contributed by atoms with E-state index in [-0.39, 0.29) is 17.0 Å². The molecule has 2 atom stereocenters. The Kier molecular flexibility index (Phi) is 6.16. The van der Waals surface area contributed by atoms with Crippen molar-refractivity contribution in [3.05, 3.63) is 33.9 Å². The van der Waals surface area contributed by atoms with Gasteiger partial charge in [-0.05, 0) is 66.0 Å². The predicted molar refractivity (Wildman–Crippen MR) is 127 cm³/mol. The van der Waals surface area contributed by atoms with Crippen molar-refractivity contribution in [2.24, 2.45) is 5.92 Å². The van der Waals surface area contributed by atoms with Crippen molar-refractivity contribution in [2.75, 3.05) is 32.1 Å². The lowest BCUT2D eigenvalue weighted by Crippen LogP contribution is -2.33. The van der Waals surface area contributed by atoms with E-state index in [1.54, 1.807) is 27.0 Å². The molecule has 2 fully saturated rings. The summed E-state index contributed by atoms with van der Waals surface area (Å²) in [5, 5.41) is 3.42. The van der Waals surface area contributed by atoms with Gasteiger partial charge in [-0.3, -0.25) is 4.79 Å². The first-order valence-electron chi connectivity index (χ1n) is 11.7. The van der Waals surface area contributed by atoms with Gasteiger partial charge in [0, 0.05) is 31.4 Å². The third kappa shape index (κ3) is 4.45. The minimum atomic E-state index is -0.744. The van der Waals surface area contributed by atoms with E-state index in [9.17, 15) is 9.59 Å². The molecule has 0 radical (unpaired) electrons. The second-order valence-electron chi connectivity index (χ2n) is 10.2. The van der Waals surface area contributed by atoms with E-state index < -0.39 is 22.8 Å². The highest BCUT2D eigenvalue weighted by Gasteiger charge is 2.34. The monoisotopic (exact) mass is 459 g/mol. The molecule has 1 N–H and O–H groups in total. The van der Waals surface area contributed by atoms with Gasteiger partial charge in [0.05, 0.1) is 18.0 Å². The number of rotatable bonds is 6. The molecular weight excluding hydrogens is 425 g/mol. The average molecular weight is 460 g/mol. The van der Waals surface area contributed by atoms with Crippen LogP contribution in [-0.2, 0) is 4.74 Å². The van der Waals surface area contributed by atoms with Crippen LogP contribution in [0.5, 0.6) is 5.75 Å². The summed E-state index contributed by atoms with van der Waals surface area (Å²) < 4.78 is 28.7. The van der Waals surface area contributed by atoms with Crippen molar-refractivity contribution < 1.29 is 18.7 Å². The van der Waals surface area contributed by atoms with Crippen LogP contribution in [0.1, 0.15) is 63.4 Å². The van der Waals surface area contributed by atoms with Crippen molar-refractivity contribution in [2.45, 2.75) is 64.6 Å². The number of hydrogen-bond acceptors (Lipinski definition) is 6. The Morgan fingerprint density at radius 2 is 1.97 bits per heavy atom. The Balaban J connectivity index is 1.88. The number of carbonyl (C=O) groups excluding carboxylic acids is 1. The largest absolute Gasteiger partial charge is 0.492 e. The molecule has 1 aliphatic heterocycles. The summed E-state index contributed by atoms with van der Waals surface area (Å²) in [6.07, 6.45) is 4.35. The third-order valence-electron chi connectivity index (χ3n) is 6.66. The van der Waals surface area contributed by atoms with Gasteiger partial charge in [0.1, 0.15) is 16.9 Å². The van der Waals surface area contributed by atoms with E-state index in [2.05, 4.69) is 12.2 Å². The Bertz CT molecular complexity index is 1130. The summed E-state index contributed by atoms with van der Waals surface area (Å²) in [4.78, 5) is 28.1. The van der Waals surface area contributed by atoms with Crippen LogP contribution in [0.15, 0.2) is 17.1 Å². The molecule has 8 heteroatoms. The van der Waals surface area contributed by atoms with Crippen LogP contribution in [0.4, 0.5) is 10.1 Å². The smallest absolute Gasteiger partial charge is 0.344 e. The highest BCUT2D eigenvalue weighted by atomic mass is 19.1. The Morgan fingerprint density at radius 3 is 2.55 bits per heavy atom. The zero-order valence-electron chi connectivity index (χ0n) is 20.3. The van der Waals surface area contributed by atoms with Crippen LogP contribution < -0.4 is 20.4 Å². The van der Waals surface area contributed by atoms with Gasteiger partial charge in [-0.25, -0.2) is 9.18 Å². The number of ether oxygens (including phenoxy) is 2. The van der Waals surface area contributed by atoms with E-state index in [1.165, 1.54) is 13.2 Å². The number of aromatic nitrogens is 1. The van der Waals surface area contributed by atoms with Gasteiger partial charge in [0.2, 0.25) is 5.43 Å². The molecule has 4 rings (SSSR count). The van der Waals surface area contributed by atoms with Crippen LogP contribution in [0.25, 0.3) is 10.9 Å². The summed E-state index contributed by atoms with van der Waals surface area (Å²) in [5.41, 5.74) is -0.439. The number of fused-ring (bicyclic) bond motifs is 1. The molecule has 2 heterocycles. The second kappa shape index (κ2) is 8.63. The molecule has 0 bridgehead atoms. The summed E-state index contributed by atoms with van der Waals surface area (Å²) in [6.45, 7) is 8.78. The Labute approximate surface area is 193 Å². The summed E-state index contributed by atoms with van der Waals surface area (Å²) in [7, 11) is 3.44. The maximum absolute atomic E-state index is 15.6. The van der Waals surface area contributed by atoms with Crippen LogP contribution in [0.2, 0.25) is 0 Å². The standard InChI is InChI=1S/C25H34FN3O4/c1-14(27-5)15-9-10-28(12-15)21-19(26)11-17-20(23(21)32-6)29(16-7-8-16)13-18(22(17)30)24(31)33-25(2,3)4/h11,13-16,27H,7-10,12H2,1-6H3/t14-,15+/m0/s1. The Morgan fingerprint density at radius 1 is 1.27 bits per heavy atom. The molecule has 0 spiro atoms. The van der Waals surface area contributed by atoms with E-state index in [4.69, 9.17) is 9.47 Å². The van der Waals surface area contributed by atoms with Crippen molar-refractivity contribution in [3.63, 3.8) is 0 Å². The molecule has 7 nitrogen and oxygen atoms in total. The molecule has 2 aromatic rings. The minimum absolute atomic E-state index is 0.0809. The number of halogens is 1. The molecule has 1 saturated heterocycles. The first kappa shape index (κ1) is 23.5. The predicted octanol–water partition coefficient (Wildman–Crippen LogP) is 3.87. The second-order valence-corrected chi connectivity index (χ2v) is 10.2. The Hall–Kier alpha value is -2.61. The maximum atomic E-state index is 15.6. The van der Waals surface area contributed by atoms with E-state index in [0.29, 0.717) is 42.0 Å². The molecule has 1 aliphatic carbocycles. The molecule has 1 aromatic heterocycles. The van der Waals surface area contributed by atoms with Crippen LogP contribution in [-0.4, -0.2) is 49.4 Å². The van der Waals surface area contributed by atoms with Gasteiger partial charge < -0.3 is 24.3 Å². The number of hydrogen-bond donors (Lipinski definition) is 1. The van der Waals surface area contributed by atoms with Gasteiger partial charge in [-0.15, -0.1) is 0 Å². The van der Waals surface area contributed by atoms with Crippen LogP contribution in [0.3, 0.4) is 0 Å². The highest BCUT2D eigenvalue weighted by Crippen LogP contribution is 2.44. The number of benzene rings is 1. The number of nitrogens with zero attached hydrogens (tertiary/aromatic N) is 2. The zero-order valence-corrected chi connectivity index (χ0v) is 20.3. The first-order valence-corrected chi connectivity index (χ1v) is 11.7. The van der Waals surface area contributed by atoms with Crippen molar-refractivity contribution in [3.8, 4) is 5.75 Å². The number of anilines is 1.